The van der Waals surface area contributed by atoms with Crippen LogP contribution in [-0.4, -0.2) is 38.6 Å². The second kappa shape index (κ2) is 4.45. The number of hydrogen-bond acceptors (Lipinski definition) is 4. The van der Waals surface area contributed by atoms with Crippen molar-refractivity contribution < 1.29 is 0 Å². The van der Waals surface area contributed by atoms with Crippen molar-refractivity contribution in [3.63, 3.8) is 0 Å². The van der Waals surface area contributed by atoms with E-state index in [1.54, 1.807) is 6.20 Å². The van der Waals surface area contributed by atoms with E-state index in [2.05, 4.69) is 26.5 Å². The molecule has 106 valence electrons. The van der Waals surface area contributed by atoms with E-state index >= 15 is 0 Å². The SMILES string of the molecule is CN1C2CCCC1CC(n1c(N)nc3cnccc31)C2. The lowest BCUT2D eigenvalue weighted by molar-refractivity contribution is 0.0415. The molecule has 4 heterocycles. The standard InChI is InChI=1S/C15H21N5/c1-19-10-3-2-4-11(19)8-12(7-10)20-14-5-6-17-9-13(14)18-15(20)16/h5-6,9-12H,2-4,7-8H2,1H3,(H2,16,18). The third-order valence-corrected chi connectivity index (χ3v) is 5.20. The Labute approximate surface area is 118 Å². The third kappa shape index (κ3) is 1.73. The molecule has 2 bridgehead atoms. The highest BCUT2D eigenvalue weighted by atomic mass is 15.2. The number of rotatable bonds is 1. The van der Waals surface area contributed by atoms with Crippen LogP contribution in [0.15, 0.2) is 18.5 Å². The van der Waals surface area contributed by atoms with Crippen molar-refractivity contribution >= 4 is 17.0 Å². The number of hydrogen-bond donors (Lipinski definition) is 1. The van der Waals surface area contributed by atoms with Crippen LogP contribution >= 0.6 is 0 Å². The summed E-state index contributed by atoms with van der Waals surface area (Å²) in [5.74, 6) is 0.639. The number of piperidine rings is 2. The van der Waals surface area contributed by atoms with E-state index in [-0.39, 0.29) is 0 Å². The summed E-state index contributed by atoms with van der Waals surface area (Å²) in [6.45, 7) is 0. The first kappa shape index (κ1) is 12.1. The van der Waals surface area contributed by atoms with Gasteiger partial charge in [-0.05, 0) is 38.8 Å². The van der Waals surface area contributed by atoms with E-state index in [4.69, 9.17) is 5.73 Å². The van der Waals surface area contributed by atoms with Gasteiger partial charge < -0.3 is 15.2 Å². The largest absolute Gasteiger partial charge is 0.369 e. The van der Waals surface area contributed by atoms with Crippen molar-refractivity contribution in [2.75, 3.05) is 12.8 Å². The monoisotopic (exact) mass is 271 g/mol. The fourth-order valence-corrected chi connectivity index (χ4v) is 4.15. The lowest BCUT2D eigenvalue weighted by Gasteiger charge is -2.47. The zero-order valence-corrected chi connectivity index (χ0v) is 11.9. The maximum Gasteiger partial charge on any atom is 0.201 e. The molecule has 2 fully saturated rings. The highest BCUT2D eigenvalue weighted by Crippen LogP contribution is 2.40. The average molecular weight is 271 g/mol. The molecule has 0 radical (unpaired) electrons. The van der Waals surface area contributed by atoms with Gasteiger partial charge in [0.25, 0.3) is 0 Å². The molecule has 2 aromatic rings. The molecule has 4 rings (SSSR count). The molecule has 0 amide bonds. The topological polar surface area (TPSA) is 60.0 Å². The minimum absolute atomic E-state index is 0.480. The predicted molar refractivity (Wildman–Crippen MR) is 79.4 cm³/mol. The van der Waals surface area contributed by atoms with Crippen LogP contribution in [0.5, 0.6) is 0 Å². The van der Waals surface area contributed by atoms with E-state index in [1.807, 2.05) is 12.3 Å². The Kier molecular flexibility index (Phi) is 2.70. The molecule has 5 heteroatoms. The molecule has 2 aliphatic rings. The van der Waals surface area contributed by atoms with Crippen molar-refractivity contribution in [2.24, 2.45) is 0 Å². The molecule has 5 nitrogen and oxygen atoms in total. The van der Waals surface area contributed by atoms with Gasteiger partial charge in [-0.3, -0.25) is 4.98 Å². The number of anilines is 1. The molecule has 0 spiro atoms. The van der Waals surface area contributed by atoms with Crippen molar-refractivity contribution in [1.29, 1.82) is 0 Å². The van der Waals surface area contributed by atoms with Gasteiger partial charge in [0, 0.05) is 24.3 Å². The lowest BCUT2D eigenvalue weighted by atomic mass is 9.82. The number of nitrogens with zero attached hydrogens (tertiary/aromatic N) is 4. The minimum atomic E-state index is 0.480. The first-order chi connectivity index (χ1) is 9.74. The summed E-state index contributed by atoms with van der Waals surface area (Å²) in [6, 6.07) is 3.92. The fraction of sp³-hybridized carbons (Fsp3) is 0.600. The van der Waals surface area contributed by atoms with Crippen LogP contribution in [-0.2, 0) is 0 Å². The number of pyridine rings is 1. The Morgan fingerprint density at radius 1 is 1.20 bits per heavy atom. The van der Waals surface area contributed by atoms with Crippen molar-refractivity contribution in [2.45, 2.75) is 50.2 Å². The van der Waals surface area contributed by atoms with Crippen LogP contribution in [0, 0.1) is 0 Å². The van der Waals surface area contributed by atoms with Gasteiger partial charge in [0.15, 0.2) is 0 Å². The van der Waals surface area contributed by atoms with Gasteiger partial charge in [0.05, 0.1) is 11.7 Å². The number of nitrogen functional groups attached to an aromatic ring is 1. The molecule has 2 aromatic heterocycles. The van der Waals surface area contributed by atoms with Gasteiger partial charge in [-0.15, -0.1) is 0 Å². The summed E-state index contributed by atoms with van der Waals surface area (Å²) in [4.78, 5) is 11.2. The van der Waals surface area contributed by atoms with Crippen LogP contribution < -0.4 is 5.73 Å². The summed E-state index contributed by atoms with van der Waals surface area (Å²) in [7, 11) is 2.28. The molecular weight excluding hydrogens is 250 g/mol. The average Bonchev–Trinajstić information content (AvgIpc) is 2.74. The Hall–Kier alpha value is -1.62. The number of fused-ring (bicyclic) bond motifs is 3. The first-order valence-corrected chi connectivity index (χ1v) is 7.53. The van der Waals surface area contributed by atoms with E-state index in [0.29, 0.717) is 24.1 Å². The summed E-state index contributed by atoms with van der Waals surface area (Å²) < 4.78 is 2.25. The fourth-order valence-electron chi connectivity index (χ4n) is 4.15. The van der Waals surface area contributed by atoms with E-state index in [1.165, 1.54) is 32.1 Å². The third-order valence-electron chi connectivity index (χ3n) is 5.20. The van der Waals surface area contributed by atoms with Crippen LogP contribution in [0.4, 0.5) is 5.95 Å². The van der Waals surface area contributed by atoms with Crippen LogP contribution in [0.3, 0.4) is 0 Å². The lowest BCUT2D eigenvalue weighted by Crippen LogP contribution is -2.50. The molecular formula is C15H21N5. The smallest absolute Gasteiger partial charge is 0.201 e. The van der Waals surface area contributed by atoms with Gasteiger partial charge in [-0.25, -0.2) is 4.98 Å². The molecule has 2 N–H and O–H groups in total. The number of nitrogens with two attached hydrogens (primary N) is 1. The van der Waals surface area contributed by atoms with E-state index < -0.39 is 0 Å². The molecule has 0 aromatic carbocycles. The first-order valence-electron chi connectivity index (χ1n) is 7.53. The van der Waals surface area contributed by atoms with Gasteiger partial charge in [0.1, 0.15) is 5.52 Å². The molecule has 2 aliphatic heterocycles. The normalized spacial score (nSPS) is 30.8. The number of imidazole rings is 1. The van der Waals surface area contributed by atoms with Crippen molar-refractivity contribution in [3.8, 4) is 0 Å². The molecule has 20 heavy (non-hydrogen) atoms. The molecule has 0 saturated carbocycles. The maximum absolute atomic E-state index is 6.18. The van der Waals surface area contributed by atoms with Crippen molar-refractivity contribution in [1.82, 2.24) is 19.4 Å². The van der Waals surface area contributed by atoms with Gasteiger partial charge in [0.2, 0.25) is 5.95 Å². The minimum Gasteiger partial charge on any atom is -0.369 e. The van der Waals surface area contributed by atoms with Crippen LogP contribution in [0.1, 0.15) is 38.1 Å². The van der Waals surface area contributed by atoms with Gasteiger partial charge >= 0.3 is 0 Å². The van der Waals surface area contributed by atoms with Crippen molar-refractivity contribution in [3.05, 3.63) is 18.5 Å². The predicted octanol–water partition coefficient (Wildman–Crippen LogP) is 2.20. The summed E-state index contributed by atoms with van der Waals surface area (Å²) in [5, 5.41) is 0. The molecule has 2 saturated heterocycles. The Bertz CT molecular complexity index is 620. The molecule has 2 atom stereocenters. The molecule has 0 aliphatic carbocycles. The quantitative estimate of drug-likeness (QED) is 0.864. The van der Waals surface area contributed by atoms with E-state index in [0.717, 1.165) is 11.0 Å². The zero-order valence-electron chi connectivity index (χ0n) is 11.9. The van der Waals surface area contributed by atoms with Crippen LogP contribution in [0.25, 0.3) is 11.0 Å². The van der Waals surface area contributed by atoms with Crippen LogP contribution in [0.2, 0.25) is 0 Å². The summed E-state index contributed by atoms with van der Waals surface area (Å²) >= 11 is 0. The Balaban J connectivity index is 1.75. The summed E-state index contributed by atoms with van der Waals surface area (Å²) in [6.07, 6.45) is 10.0. The number of aromatic nitrogens is 3. The highest BCUT2D eigenvalue weighted by molar-refractivity contribution is 5.77. The second-order valence-electron chi connectivity index (χ2n) is 6.23. The Morgan fingerprint density at radius 2 is 1.95 bits per heavy atom. The Morgan fingerprint density at radius 3 is 2.70 bits per heavy atom. The zero-order chi connectivity index (χ0) is 13.7. The van der Waals surface area contributed by atoms with Gasteiger partial charge in [-0.1, -0.05) is 6.42 Å². The maximum atomic E-state index is 6.18. The second-order valence-corrected chi connectivity index (χ2v) is 6.23. The molecule has 2 unspecified atom stereocenters. The summed E-state index contributed by atoms with van der Waals surface area (Å²) in [5.41, 5.74) is 8.22. The van der Waals surface area contributed by atoms with E-state index in [9.17, 15) is 0 Å². The highest BCUT2D eigenvalue weighted by Gasteiger charge is 2.37. The van der Waals surface area contributed by atoms with Gasteiger partial charge in [-0.2, -0.15) is 0 Å².